The van der Waals surface area contributed by atoms with Crippen molar-refractivity contribution >= 4 is 11.8 Å². The topological polar surface area (TPSA) is 99.1 Å². The molecule has 1 aromatic carbocycles. The van der Waals surface area contributed by atoms with Crippen LogP contribution in [0.2, 0.25) is 0 Å². The van der Waals surface area contributed by atoms with E-state index in [1.165, 1.54) is 0 Å². The van der Waals surface area contributed by atoms with Crippen LogP contribution in [0.4, 0.5) is 0 Å². The molecule has 0 aliphatic heterocycles. The maximum Gasteiger partial charge on any atom is 0.249 e. The molecule has 0 radical (unpaired) electrons. The molecule has 4 N–H and O–H groups in total. The van der Waals surface area contributed by atoms with E-state index < -0.39 is 11.8 Å². The van der Waals surface area contributed by atoms with Crippen LogP contribution < -0.4 is 11.5 Å². The van der Waals surface area contributed by atoms with Crippen molar-refractivity contribution < 1.29 is 9.59 Å². The number of hydrogen-bond acceptors (Lipinski definition) is 3. The number of carbonyl (C=O) groups is 2. The Hall–Kier alpha value is -2.69. The molecule has 2 amide bonds. The molecule has 0 bridgehead atoms. The highest BCUT2D eigenvalue weighted by Crippen LogP contribution is 2.25. The standard InChI is InChI=1S/C13H11N3O2/c14-12(17)8-4-3-5-9(13(15)18)11(8)10-6-1-2-7-16-10/h1-7H,(H2,14,17)(H2,15,18). The second-order valence-electron chi connectivity index (χ2n) is 3.67. The van der Waals surface area contributed by atoms with Crippen molar-refractivity contribution in [1.82, 2.24) is 4.98 Å². The molecule has 2 rings (SSSR count). The van der Waals surface area contributed by atoms with E-state index in [4.69, 9.17) is 11.5 Å². The van der Waals surface area contributed by atoms with Crippen LogP contribution in [-0.4, -0.2) is 16.8 Å². The first-order chi connectivity index (χ1) is 8.61. The molecule has 90 valence electrons. The summed E-state index contributed by atoms with van der Waals surface area (Å²) in [6, 6.07) is 9.82. The molecule has 0 aliphatic rings. The third kappa shape index (κ3) is 2.06. The lowest BCUT2D eigenvalue weighted by molar-refractivity contribution is 0.0999. The Morgan fingerprint density at radius 2 is 1.50 bits per heavy atom. The van der Waals surface area contributed by atoms with E-state index in [-0.39, 0.29) is 11.1 Å². The zero-order valence-corrected chi connectivity index (χ0v) is 9.46. The largest absolute Gasteiger partial charge is 0.366 e. The average Bonchev–Trinajstić information content (AvgIpc) is 2.38. The van der Waals surface area contributed by atoms with E-state index >= 15 is 0 Å². The maximum atomic E-state index is 11.4. The molecule has 5 heteroatoms. The average molecular weight is 241 g/mol. The van der Waals surface area contributed by atoms with Crippen molar-refractivity contribution in [3.63, 3.8) is 0 Å². The predicted octanol–water partition coefficient (Wildman–Crippen LogP) is 0.946. The van der Waals surface area contributed by atoms with E-state index in [9.17, 15) is 9.59 Å². The molecule has 1 aromatic heterocycles. The summed E-state index contributed by atoms with van der Waals surface area (Å²) in [5, 5.41) is 0. The summed E-state index contributed by atoms with van der Waals surface area (Å²) >= 11 is 0. The van der Waals surface area contributed by atoms with Crippen molar-refractivity contribution in [3.8, 4) is 11.3 Å². The molecule has 0 spiro atoms. The van der Waals surface area contributed by atoms with Gasteiger partial charge in [-0.25, -0.2) is 0 Å². The zero-order chi connectivity index (χ0) is 13.1. The second-order valence-corrected chi connectivity index (χ2v) is 3.67. The van der Waals surface area contributed by atoms with Crippen molar-refractivity contribution in [2.24, 2.45) is 11.5 Å². The Morgan fingerprint density at radius 1 is 0.889 bits per heavy atom. The van der Waals surface area contributed by atoms with Gasteiger partial charge < -0.3 is 11.5 Å². The lowest BCUT2D eigenvalue weighted by Gasteiger charge is -2.10. The lowest BCUT2D eigenvalue weighted by atomic mass is 9.97. The molecule has 5 nitrogen and oxygen atoms in total. The van der Waals surface area contributed by atoms with Crippen LogP contribution in [0.3, 0.4) is 0 Å². The number of pyridine rings is 1. The Labute approximate surface area is 103 Å². The molecule has 0 fully saturated rings. The molecule has 0 aliphatic carbocycles. The Balaban J connectivity index is 2.77. The summed E-state index contributed by atoms with van der Waals surface area (Å²) in [5.74, 6) is -1.25. The fraction of sp³-hybridized carbons (Fsp3) is 0. The number of benzene rings is 1. The first kappa shape index (κ1) is 11.8. The molecule has 1 heterocycles. The number of carbonyl (C=O) groups excluding carboxylic acids is 2. The Kier molecular flexibility index (Phi) is 3.05. The van der Waals surface area contributed by atoms with Gasteiger partial charge in [0.25, 0.3) is 0 Å². The molecular formula is C13H11N3O2. The number of nitrogens with zero attached hydrogens (tertiary/aromatic N) is 1. The van der Waals surface area contributed by atoms with Gasteiger partial charge in [-0.1, -0.05) is 12.1 Å². The molecule has 2 aromatic rings. The van der Waals surface area contributed by atoms with Gasteiger partial charge in [0.1, 0.15) is 0 Å². The molecule has 0 saturated heterocycles. The summed E-state index contributed by atoms with van der Waals surface area (Å²) in [6.07, 6.45) is 1.57. The van der Waals surface area contributed by atoms with Gasteiger partial charge in [-0.15, -0.1) is 0 Å². The molecular weight excluding hydrogens is 230 g/mol. The van der Waals surface area contributed by atoms with Crippen LogP contribution in [0.25, 0.3) is 11.3 Å². The molecule has 0 atom stereocenters. The van der Waals surface area contributed by atoms with Gasteiger partial charge in [-0.3, -0.25) is 14.6 Å². The fourth-order valence-corrected chi connectivity index (χ4v) is 1.75. The van der Waals surface area contributed by atoms with Crippen molar-refractivity contribution in [1.29, 1.82) is 0 Å². The number of nitrogens with two attached hydrogens (primary N) is 2. The van der Waals surface area contributed by atoms with Crippen LogP contribution in [0.15, 0.2) is 42.6 Å². The Morgan fingerprint density at radius 3 is 1.94 bits per heavy atom. The highest BCUT2D eigenvalue weighted by molar-refractivity contribution is 6.07. The van der Waals surface area contributed by atoms with Gasteiger partial charge >= 0.3 is 0 Å². The summed E-state index contributed by atoms with van der Waals surface area (Å²) < 4.78 is 0. The highest BCUT2D eigenvalue weighted by Gasteiger charge is 2.17. The smallest absolute Gasteiger partial charge is 0.249 e. The fourth-order valence-electron chi connectivity index (χ4n) is 1.75. The van der Waals surface area contributed by atoms with E-state index in [2.05, 4.69) is 4.98 Å². The number of primary amides is 2. The van der Waals surface area contributed by atoms with Crippen LogP contribution in [0.5, 0.6) is 0 Å². The van der Waals surface area contributed by atoms with Gasteiger partial charge in [-0.2, -0.15) is 0 Å². The maximum absolute atomic E-state index is 11.4. The highest BCUT2D eigenvalue weighted by atomic mass is 16.1. The SMILES string of the molecule is NC(=O)c1cccc(C(N)=O)c1-c1ccccn1. The molecule has 18 heavy (non-hydrogen) atoms. The third-order valence-corrected chi connectivity index (χ3v) is 2.52. The number of amides is 2. The molecule has 0 unspecified atom stereocenters. The number of rotatable bonds is 3. The summed E-state index contributed by atoms with van der Waals surface area (Å²) in [4.78, 5) is 26.9. The van der Waals surface area contributed by atoms with Crippen molar-refractivity contribution in [3.05, 3.63) is 53.7 Å². The molecule has 0 saturated carbocycles. The summed E-state index contributed by atoms with van der Waals surface area (Å²) in [6.45, 7) is 0. The lowest BCUT2D eigenvalue weighted by Crippen LogP contribution is -2.18. The van der Waals surface area contributed by atoms with E-state index in [0.717, 1.165) is 0 Å². The summed E-state index contributed by atoms with van der Waals surface area (Å²) in [5.41, 5.74) is 11.9. The quantitative estimate of drug-likeness (QED) is 0.836. The van der Waals surface area contributed by atoms with Crippen LogP contribution >= 0.6 is 0 Å². The zero-order valence-electron chi connectivity index (χ0n) is 9.46. The van der Waals surface area contributed by atoms with Gasteiger partial charge in [0.05, 0.1) is 5.69 Å². The minimum absolute atomic E-state index is 0.227. The minimum atomic E-state index is -0.626. The van der Waals surface area contributed by atoms with E-state index in [0.29, 0.717) is 11.3 Å². The number of aromatic nitrogens is 1. The van der Waals surface area contributed by atoms with Crippen LogP contribution in [0, 0.1) is 0 Å². The Bertz CT molecular complexity index is 577. The van der Waals surface area contributed by atoms with Gasteiger partial charge in [0.15, 0.2) is 0 Å². The van der Waals surface area contributed by atoms with Crippen molar-refractivity contribution in [2.45, 2.75) is 0 Å². The number of hydrogen-bond donors (Lipinski definition) is 2. The van der Waals surface area contributed by atoms with Crippen molar-refractivity contribution in [2.75, 3.05) is 0 Å². The van der Waals surface area contributed by atoms with E-state index in [1.54, 1.807) is 42.6 Å². The summed E-state index contributed by atoms with van der Waals surface area (Å²) in [7, 11) is 0. The minimum Gasteiger partial charge on any atom is -0.366 e. The van der Waals surface area contributed by atoms with Crippen LogP contribution in [-0.2, 0) is 0 Å². The van der Waals surface area contributed by atoms with Gasteiger partial charge in [-0.05, 0) is 24.3 Å². The third-order valence-electron chi connectivity index (χ3n) is 2.52. The first-order valence-electron chi connectivity index (χ1n) is 5.25. The monoisotopic (exact) mass is 241 g/mol. The second kappa shape index (κ2) is 4.67. The van der Waals surface area contributed by atoms with Crippen LogP contribution in [0.1, 0.15) is 20.7 Å². The first-order valence-corrected chi connectivity index (χ1v) is 5.25. The van der Waals surface area contributed by atoms with Gasteiger partial charge in [0, 0.05) is 22.9 Å². The van der Waals surface area contributed by atoms with E-state index in [1.807, 2.05) is 0 Å². The van der Waals surface area contributed by atoms with Gasteiger partial charge in [0.2, 0.25) is 11.8 Å². The predicted molar refractivity (Wildman–Crippen MR) is 66.7 cm³/mol. The normalized spacial score (nSPS) is 10.0.